The van der Waals surface area contributed by atoms with E-state index in [9.17, 15) is 9.59 Å². The molecule has 5 rings (SSSR count). The Morgan fingerprint density at radius 3 is 2.77 bits per heavy atom. The Morgan fingerprint density at radius 1 is 1.16 bits per heavy atom. The molecule has 2 fully saturated rings. The largest absolute Gasteiger partial charge is 0.350 e. The van der Waals surface area contributed by atoms with Crippen LogP contribution in [0.1, 0.15) is 44.9 Å². The van der Waals surface area contributed by atoms with Crippen LogP contribution in [-0.4, -0.2) is 45.5 Å². The molecule has 6 nitrogen and oxygen atoms in total. The average Bonchev–Trinajstić information content (AvgIpc) is 3.48. The van der Waals surface area contributed by atoms with Gasteiger partial charge in [-0.3, -0.25) is 19.1 Å². The number of carbonyl (C=O) groups excluding carboxylic acids is 1. The Morgan fingerprint density at radius 2 is 2.00 bits per heavy atom. The van der Waals surface area contributed by atoms with Gasteiger partial charge < -0.3 is 5.32 Å². The smallest absolute Gasteiger partial charge is 0.263 e. The number of hydrogen-bond acceptors (Lipinski definition) is 6. The van der Waals surface area contributed by atoms with E-state index >= 15 is 0 Å². The molecule has 1 saturated heterocycles. The van der Waals surface area contributed by atoms with Crippen molar-refractivity contribution in [1.82, 2.24) is 19.8 Å². The molecule has 0 radical (unpaired) electrons. The average molecular weight is 457 g/mol. The van der Waals surface area contributed by atoms with Gasteiger partial charge in [-0.2, -0.15) is 0 Å². The zero-order valence-corrected chi connectivity index (χ0v) is 19.2. The van der Waals surface area contributed by atoms with E-state index in [2.05, 4.69) is 15.2 Å². The molecule has 1 aliphatic heterocycles. The number of amides is 1. The first-order valence-electron chi connectivity index (χ1n) is 11.2. The van der Waals surface area contributed by atoms with Crippen molar-refractivity contribution in [2.75, 3.05) is 13.1 Å². The molecule has 0 aromatic carbocycles. The van der Waals surface area contributed by atoms with E-state index < -0.39 is 0 Å². The monoisotopic (exact) mass is 456 g/mol. The van der Waals surface area contributed by atoms with E-state index in [0.717, 1.165) is 34.8 Å². The van der Waals surface area contributed by atoms with Gasteiger partial charge >= 0.3 is 0 Å². The van der Waals surface area contributed by atoms with Gasteiger partial charge in [-0.25, -0.2) is 4.98 Å². The van der Waals surface area contributed by atoms with E-state index in [1.807, 2.05) is 22.9 Å². The van der Waals surface area contributed by atoms with Gasteiger partial charge in [-0.15, -0.1) is 22.7 Å². The molecular formula is C23H28N4O2S2. The fraction of sp³-hybridized carbons (Fsp3) is 0.522. The van der Waals surface area contributed by atoms with Gasteiger partial charge in [0.25, 0.3) is 5.56 Å². The summed E-state index contributed by atoms with van der Waals surface area (Å²) in [6.45, 7) is 2.00. The van der Waals surface area contributed by atoms with Crippen molar-refractivity contribution in [3.05, 3.63) is 39.6 Å². The quantitative estimate of drug-likeness (QED) is 0.587. The lowest BCUT2D eigenvalue weighted by Crippen LogP contribution is -2.42. The van der Waals surface area contributed by atoms with E-state index in [-0.39, 0.29) is 24.1 Å². The van der Waals surface area contributed by atoms with Crippen molar-refractivity contribution in [1.29, 1.82) is 0 Å². The van der Waals surface area contributed by atoms with E-state index in [1.54, 1.807) is 11.3 Å². The van der Waals surface area contributed by atoms with E-state index in [0.29, 0.717) is 11.4 Å². The maximum absolute atomic E-state index is 13.1. The number of nitrogens with one attached hydrogen (secondary N) is 1. The summed E-state index contributed by atoms with van der Waals surface area (Å²) in [6, 6.07) is 4.83. The number of fused-ring (bicyclic) bond motifs is 1. The number of nitrogens with zero attached hydrogens (tertiary/aromatic N) is 3. The minimum absolute atomic E-state index is 0.0153. The molecule has 31 heavy (non-hydrogen) atoms. The SMILES string of the molecule is O=C(Cn1cnc2scc(-c3cccs3)c2c1=O)NC1CCN(C2CCCCCC2)C1. The maximum atomic E-state index is 13.1. The molecule has 1 atom stereocenters. The van der Waals surface area contributed by atoms with Gasteiger partial charge in [0.15, 0.2) is 0 Å². The first kappa shape index (κ1) is 20.8. The predicted molar refractivity (Wildman–Crippen MR) is 127 cm³/mol. The van der Waals surface area contributed by atoms with Crippen molar-refractivity contribution in [2.45, 2.75) is 63.6 Å². The number of likely N-dealkylation sites (tertiary alicyclic amines) is 1. The summed E-state index contributed by atoms with van der Waals surface area (Å²) >= 11 is 3.08. The Kier molecular flexibility index (Phi) is 6.20. The summed E-state index contributed by atoms with van der Waals surface area (Å²) in [5, 5.41) is 7.76. The van der Waals surface area contributed by atoms with E-state index in [4.69, 9.17) is 0 Å². The molecule has 1 N–H and O–H groups in total. The third-order valence-corrected chi connectivity index (χ3v) is 8.38. The molecule has 1 saturated carbocycles. The zero-order valence-electron chi connectivity index (χ0n) is 17.6. The summed E-state index contributed by atoms with van der Waals surface area (Å²) in [4.78, 5) is 34.6. The molecule has 1 amide bonds. The lowest BCUT2D eigenvalue weighted by Gasteiger charge is -2.26. The van der Waals surface area contributed by atoms with Gasteiger partial charge in [0, 0.05) is 41.0 Å². The van der Waals surface area contributed by atoms with Crippen LogP contribution in [0.15, 0.2) is 34.0 Å². The molecular weight excluding hydrogens is 428 g/mol. The third-order valence-electron chi connectivity index (χ3n) is 6.59. The minimum Gasteiger partial charge on any atom is -0.350 e. The van der Waals surface area contributed by atoms with Crippen molar-refractivity contribution in [3.8, 4) is 10.4 Å². The molecule has 164 valence electrons. The fourth-order valence-corrected chi connectivity index (χ4v) is 6.70. The Labute approximate surface area is 189 Å². The van der Waals surface area contributed by atoms with Crippen LogP contribution in [0.5, 0.6) is 0 Å². The van der Waals surface area contributed by atoms with Crippen LogP contribution in [0, 0.1) is 0 Å². The second-order valence-corrected chi connectivity index (χ2v) is 10.5. The molecule has 0 bridgehead atoms. The van der Waals surface area contributed by atoms with E-state index in [1.165, 1.54) is 60.8 Å². The van der Waals surface area contributed by atoms with Crippen LogP contribution in [0.3, 0.4) is 0 Å². The fourth-order valence-electron chi connectivity index (χ4n) is 4.98. The molecule has 3 aromatic heterocycles. The van der Waals surface area contributed by atoms with Gasteiger partial charge in [0.2, 0.25) is 5.91 Å². The first-order valence-corrected chi connectivity index (χ1v) is 13.0. The molecule has 8 heteroatoms. The van der Waals surface area contributed by atoms with Crippen LogP contribution in [-0.2, 0) is 11.3 Å². The number of thiophene rings is 2. The van der Waals surface area contributed by atoms with Crippen molar-refractivity contribution in [2.24, 2.45) is 0 Å². The molecule has 0 spiro atoms. The predicted octanol–water partition coefficient (Wildman–Crippen LogP) is 4.10. The lowest BCUT2D eigenvalue weighted by molar-refractivity contribution is -0.122. The van der Waals surface area contributed by atoms with Gasteiger partial charge in [0.05, 0.1) is 11.7 Å². The van der Waals surface area contributed by atoms with Gasteiger partial charge in [-0.1, -0.05) is 31.7 Å². The normalized spacial score (nSPS) is 20.8. The second kappa shape index (κ2) is 9.22. The number of hydrogen-bond donors (Lipinski definition) is 1. The standard InChI is InChI=1S/C23H28N4O2S2/c28-20(25-16-9-10-26(12-16)17-6-3-1-2-4-7-17)13-27-15-24-22-21(23(27)29)18(14-31-22)19-8-5-11-30-19/h5,8,11,14-17H,1-4,6-7,9-10,12-13H2,(H,25,28). The number of carbonyl (C=O) groups is 1. The molecule has 4 heterocycles. The van der Waals surface area contributed by atoms with Crippen LogP contribution in [0.4, 0.5) is 0 Å². The molecule has 1 unspecified atom stereocenters. The molecule has 1 aliphatic carbocycles. The Balaban J connectivity index is 1.25. The lowest BCUT2D eigenvalue weighted by atomic mass is 10.1. The van der Waals surface area contributed by atoms with Gasteiger partial charge in [-0.05, 0) is 30.7 Å². The van der Waals surface area contributed by atoms with Crippen LogP contribution in [0.2, 0.25) is 0 Å². The number of rotatable bonds is 5. The van der Waals surface area contributed by atoms with Crippen LogP contribution in [0.25, 0.3) is 20.7 Å². The first-order chi connectivity index (χ1) is 15.2. The highest BCUT2D eigenvalue weighted by Gasteiger charge is 2.29. The summed E-state index contributed by atoms with van der Waals surface area (Å²) < 4.78 is 1.44. The third kappa shape index (κ3) is 4.47. The second-order valence-electron chi connectivity index (χ2n) is 8.68. The summed E-state index contributed by atoms with van der Waals surface area (Å²) in [7, 11) is 0. The Hall–Kier alpha value is -2.03. The summed E-state index contributed by atoms with van der Waals surface area (Å²) in [5.41, 5.74) is 0.772. The molecule has 3 aromatic rings. The highest BCUT2D eigenvalue weighted by Crippen LogP contribution is 2.33. The van der Waals surface area contributed by atoms with Crippen LogP contribution >= 0.6 is 22.7 Å². The summed E-state index contributed by atoms with van der Waals surface area (Å²) in [6.07, 6.45) is 10.4. The zero-order chi connectivity index (χ0) is 21.2. The molecule has 2 aliphatic rings. The highest BCUT2D eigenvalue weighted by molar-refractivity contribution is 7.18. The van der Waals surface area contributed by atoms with Crippen molar-refractivity contribution in [3.63, 3.8) is 0 Å². The van der Waals surface area contributed by atoms with Crippen molar-refractivity contribution >= 4 is 38.8 Å². The van der Waals surface area contributed by atoms with Gasteiger partial charge in [0.1, 0.15) is 11.4 Å². The topological polar surface area (TPSA) is 67.2 Å². The Bertz CT molecular complexity index is 1100. The maximum Gasteiger partial charge on any atom is 0.263 e. The van der Waals surface area contributed by atoms with Crippen molar-refractivity contribution < 1.29 is 4.79 Å². The summed E-state index contributed by atoms with van der Waals surface area (Å²) in [5.74, 6) is -0.108. The number of aromatic nitrogens is 2. The van der Waals surface area contributed by atoms with Crippen LogP contribution < -0.4 is 10.9 Å². The minimum atomic E-state index is -0.142. The highest BCUT2D eigenvalue weighted by atomic mass is 32.1.